The first-order chi connectivity index (χ1) is 9.40. The molecule has 1 aliphatic rings. The molecule has 1 aromatic rings. The average Bonchev–Trinajstić information content (AvgIpc) is 2.46. The number of fused-ring (bicyclic) bond motifs is 1. The van der Waals surface area contributed by atoms with Crippen LogP contribution < -0.4 is 5.32 Å². The summed E-state index contributed by atoms with van der Waals surface area (Å²) in [5, 5.41) is 3.49. The van der Waals surface area contributed by atoms with E-state index in [-0.39, 0.29) is 0 Å². The second-order valence-electron chi connectivity index (χ2n) is 5.10. The van der Waals surface area contributed by atoms with Gasteiger partial charge in [0.25, 0.3) is 0 Å². The Morgan fingerprint density at radius 2 is 2.05 bits per heavy atom. The van der Waals surface area contributed by atoms with Crippen molar-refractivity contribution >= 4 is 0 Å². The van der Waals surface area contributed by atoms with Gasteiger partial charge in [-0.2, -0.15) is 0 Å². The first kappa shape index (κ1) is 14.5. The Morgan fingerprint density at radius 1 is 1.21 bits per heavy atom. The number of rotatable bonds is 8. The van der Waals surface area contributed by atoms with Crippen molar-refractivity contribution in [1.82, 2.24) is 10.2 Å². The molecule has 0 spiro atoms. The van der Waals surface area contributed by atoms with E-state index in [1.165, 1.54) is 24.1 Å². The highest BCUT2D eigenvalue weighted by Crippen LogP contribution is 2.17. The van der Waals surface area contributed by atoms with Crippen LogP contribution in [0.15, 0.2) is 24.3 Å². The molecule has 0 saturated carbocycles. The van der Waals surface area contributed by atoms with E-state index < -0.39 is 0 Å². The number of nitrogens with one attached hydrogen (secondary N) is 1. The SMILES string of the molecule is CCOCCCNCCN1CCc2ccccc2C1. The van der Waals surface area contributed by atoms with Gasteiger partial charge in [0.15, 0.2) is 0 Å². The Morgan fingerprint density at radius 3 is 2.89 bits per heavy atom. The Balaban J connectivity index is 1.58. The van der Waals surface area contributed by atoms with Gasteiger partial charge in [-0.3, -0.25) is 4.90 Å². The van der Waals surface area contributed by atoms with Gasteiger partial charge in [-0.25, -0.2) is 0 Å². The molecule has 3 nitrogen and oxygen atoms in total. The summed E-state index contributed by atoms with van der Waals surface area (Å²) in [6.07, 6.45) is 2.30. The van der Waals surface area contributed by atoms with E-state index in [0.717, 1.165) is 45.8 Å². The summed E-state index contributed by atoms with van der Waals surface area (Å²) in [5.41, 5.74) is 3.04. The van der Waals surface area contributed by atoms with Crippen LogP contribution in [0.3, 0.4) is 0 Å². The van der Waals surface area contributed by atoms with Gasteiger partial charge in [-0.1, -0.05) is 24.3 Å². The Kier molecular flexibility index (Phi) is 6.34. The zero-order chi connectivity index (χ0) is 13.3. The lowest BCUT2D eigenvalue weighted by molar-refractivity contribution is 0.144. The number of benzene rings is 1. The van der Waals surface area contributed by atoms with Gasteiger partial charge in [-0.15, -0.1) is 0 Å². The van der Waals surface area contributed by atoms with Crippen LogP contribution in [0.5, 0.6) is 0 Å². The van der Waals surface area contributed by atoms with E-state index in [2.05, 4.69) is 34.5 Å². The molecule has 3 heteroatoms. The van der Waals surface area contributed by atoms with Crippen molar-refractivity contribution in [3.8, 4) is 0 Å². The molecular formula is C16H26N2O. The van der Waals surface area contributed by atoms with Gasteiger partial charge in [-0.05, 0) is 37.4 Å². The fraction of sp³-hybridized carbons (Fsp3) is 0.625. The lowest BCUT2D eigenvalue weighted by Gasteiger charge is -2.28. The molecular weight excluding hydrogens is 236 g/mol. The van der Waals surface area contributed by atoms with Gasteiger partial charge < -0.3 is 10.1 Å². The fourth-order valence-corrected chi connectivity index (χ4v) is 2.55. The first-order valence-corrected chi connectivity index (χ1v) is 7.47. The second kappa shape index (κ2) is 8.31. The molecule has 0 radical (unpaired) electrons. The molecule has 0 fully saturated rings. The van der Waals surface area contributed by atoms with Gasteiger partial charge in [0.1, 0.15) is 0 Å². The van der Waals surface area contributed by atoms with Crippen molar-refractivity contribution in [2.75, 3.05) is 39.4 Å². The summed E-state index contributed by atoms with van der Waals surface area (Å²) in [6, 6.07) is 8.82. The molecule has 0 aromatic heterocycles. The highest BCUT2D eigenvalue weighted by molar-refractivity contribution is 5.28. The number of nitrogens with zero attached hydrogens (tertiary/aromatic N) is 1. The topological polar surface area (TPSA) is 24.5 Å². The molecule has 1 aliphatic heterocycles. The van der Waals surface area contributed by atoms with Gasteiger partial charge in [0, 0.05) is 39.4 Å². The normalized spacial score (nSPS) is 15.4. The van der Waals surface area contributed by atoms with Gasteiger partial charge >= 0.3 is 0 Å². The molecule has 1 aromatic carbocycles. The minimum Gasteiger partial charge on any atom is -0.382 e. The maximum Gasteiger partial charge on any atom is 0.0477 e. The van der Waals surface area contributed by atoms with E-state index >= 15 is 0 Å². The molecule has 19 heavy (non-hydrogen) atoms. The highest BCUT2D eigenvalue weighted by Gasteiger charge is 2.14. The van der Waals surface area contributed by atoms with Crippen molar-refractivity contribution in [1.29, 1.82) is 0 Å². The molecule has 1 heterocycles. The number of hydrogen-bond donors (Lipinski definition) is 1. The summed E-state index contributed by atoms with van der Waals surface area (Å²) < 4.78 is 5.32. The Bertz CT molecular complexity index is 368. The van der Waals surface area contributed by atoms with Crippen LogP contribution in [0.1, 0.15) is 24.5 Å². The highest BCUT2D eigenvalue weighted by atomic mass is 16.5. The predicted octanol–water partition coefficient (Wildman–Crippen LogP) is 2.06. The third-order valence-corrected chi connectivity index (χ3v) is 3.66. The van der Waals surface area contributed by atoms with Crippen LogP contribution in [-0.2, 0) is 17.7 Å². The summed E-state index contributed by atoms with van der Waals surface area (Å²) in [4.78, 5) is 2.54. The fourth-order valence-electron chi connectivity index (χ4n) is 2.55. The summed E-state index contributed by atoms with van der Waals surface area (Å²) >= 11 is 0. The van der Waals surface area contributed by atoms with Crippen LogP contribution in [0, 0.1) is 0 Å². The summed E-state index contributed by atoms with van der Waals surface area (Å²) in [5.74, 6) is 0. The maximum atomic E-state index is 5.32. The molecule has 1 N–H and O–H groups in total. The third kappa shape index (κ3) is 4.94. The molecule has 0 aliphatic carbocycles. The zero-order valence-electron chi connectivity index (χ0n) is 12.0. The van der Waals surface area contributed by atoms with Crippen molar-refractivity contribution in [3.63, 3.8) is 0 Å². The molecule has 0 unspecified atom stereocenters. The van der Waals surface area contributed by atoms with Crippen molar-refractivity contribution in [3.05, 3.63) is 35.4 Å². The van der Waals surface area contributed by atoms with E-state index in [0.29, 0.717) is 0 Å². The molecule has 0 atom stereocenters. The van der Waals surface area contributed by atoms with Crippen molar-refractivity contribution in [2.45, 2.75) is 26.3 Å². The summed E-state index contributed by atoms with van der Waals surface area (Å²) in [7, 11) is 0. The largest absolute Gasteiger partial charge is 0.382 e. The Hall–Kier alpha value is -0.900. The van der Waals surface area contributed by atoms with Crippen LogP contribution >= 0.6 is 0 Å². The smallest absolute Gasteiger partial charge is 0.0477 e. The molecule has 2 rings (SSSR count). The maximum absolute atomic E-state index is 5.32. The lowest BCUT2D eigenvalue weighted by atomic mass is 10.00. The van der Waals surface area contributed by atoms with Crippen LogP contribution in [0.25, 0.3) is 0 Å². The quantitative estimate of drug-likeness (QED) is 0.726. The van der Waals surface area contributed by atoms with Crippen LogP contribution in [-0.4, -0.2) is 44.3 Å². The Labute approximate surface area is 116 Å². The number of ether oxygens (including phenoxy) is 1. The molecule has 106 valence electrons. The van der Waals surface area contributed by atoms with Crippen LogP contribution in [0.2, 0.25) is 0 Å². The first-order valence-electron chi connectivity index (χ1n) is 7.47. The van der Waals surface area contributed by atoms with E-state index in [1.54, 1.807) is 0 Å². The van der Waals surface area contributed by atoms with Gasteiger partial charge in [0.05, 0.1) is 0 Å². The van der Waals surface area contributed by atoms with Crippen LogP contribution in [0.4, 0.5) is 0 Å². The summed E-state index contributed by atoms with van der Waals surface area (Å²) in [6.45, 7) is 9.32. The minimum atomic E-state index is 0.827. The average molecular weight is 262 g/mol. The van der Waals surface area contributed by atoms with E-state index in [4.69, 9.17) is 4.74 Å². The van der Waals surface area contributed by atoms with Crippen molar-refractivity contribution in [2.24, 2.45) is 0 Å². The number of hydrogen-bond acceptors (Lipinski definition) is 3. The molecule has 0 bridgehead atoms. The van der Waals surface area contributed by atoms with Gasteiger partial charge in [0.2, 0.25) is 0 Å². The monoisotopic (exact) mass is 262 g/mol. The predicted molar refractivity (Wildman–Crippen MR) is 79.4 cm³/mol. The molecule has 0 saturated heterocycles. The standard InChI is InChI=1S/C16H26N2O/c1-2-19-13-5-9-17-10-12-18-11-8-15-6-3-4-7-16(15)14-18/h3-4,6-7,17H,2,5,8-14H2,1H3. The lowest BCUT2D eigenvalue weighted by Crippen LogP contribution is -2.36. The zero-order valence-corrected chi connectivity index (χ0v) is 12.0. The van der Waals surface area contributed by atoms with E-state index in [1.807, 2.05) is 6.92 Å². The van der Waals surface area contributed by atoms with Crippen molar-refractivity contribution < 1.29 is 4.74 Å². The third-order valence-electron chi connectivity index (χ3n) is 3.66. The minimum absolute atomic E-state index is 0.827. The van der Waals surface area contributed by atoms with E-state index in [9.17, 15) is 0 Å². The molecule has 0 amide bonds. The second-order valence-corrected chi connectivity index (χ2v) is 5.10.